The van der Waals surface area contributed by atoms with Gasteiger partial charge in [0.25, 0.3) is 0 Å². The van der Waals surface area contributed by atoms with Crippen LogP contribution in [0.15, 0.2) is 61.1 Å². The second-order valence-electron chi connectivity index (χ2n) is 4.63. The van der Waals surface area contributed by atoms with Crippen LogP contribution in [-0.2, 0) is 0 Å². The van der Waals surface area contributed by atoms with Crippen molar-refractivity contribution in [1.29, 1.82) is 10.5 Å². The normalized spacial score (nSPS) is 9.58. The van der Waals surface area contributed by atoms with Crippen molar-refractivity contribution in [2.75, 3.05) is 0 Å². The molecular formula is C18H10N4O2. The Morgan fingerprint density at radius 2 is 1.58 bits per heavy atom. The Kier molecular flexibility index (Phi) is 4.32. The van der Waals surface area contributed by atoms with Gasteiger partial charge in [0.15, 0.2) is 11.5 Å². The summed E-state index contributed by atoms with van der Waals surface area (Å²) in [5.41, 5.74) is 0.395. The van der Waals surface area contributed by atoms with E-state index in [1.165, 1.54) is 18.3 Å². The average Bonchev–Trinajstić information content (AvgIpc) is 2.64. The topological polar surface area (TPSA) is 91.8 Å². The highest BCUT2D eigenvalue weighted by Crippen LogP contribution is 2.36. The molecule has 0 unspecified atom stereocenters. The van der Waals surface area contributed by atoms with Crippen LogP contribution in [0, 0.1) is 22.7 Å². The lowest BCUT2D eigenvalue weighted by molar-refractivity contribution is 0.408. The Morgan fingerprint density at radius 3 is 2.17 bits per heavy atom. The van der Waals surface area contributed by atoms with E-state index in [4.69, 9.17) is 9.47 Å². The molecule has 24 heavy (non-hydrogen) atoms. The summed E-state index contributed by atoms with van der Waals surface area (Å²) in [5.74, 6) is 1.41. The minimum atomic E-state index is 0.196. The number of hydrogen-bond acceptors (Lipinski definition) is 6. The van der Waals surface area contributed by atoms with Crippen molar-refractivity contribution >= 4 is 0 Å². The van der Waals surface area contributed by atoms with Crippen molar-refractivity contribution in [3.8, 4) is 35.3 Å². The van der Waals surface area contributed by atoms with Crippen LogP contribution in [0.5, 0.6) is 23.1 Å². The maximum atomic E-state index is 9.20. The second kappa shape index (κ2) is 6.91. The van der Waals surface area contributed by atoms with Gasteiger partial charge in [0.2, 0.25) is 5.88 Å². The van der Waals surface area contributed by atoms with Gasteiger partial charge in [0.05, 0.1) is 17.3 Å². The van der Waals surface area contributed by atoms with E-state index in [-0.39, 0.29) is 16.9 Å². The first kappa shape index (κ1) is 15.0. The minimum absolute atomic E-state index is 0.196. The average molecular weight is 314 g/mol. The highest BCUT2D eigenvalue weighted by Gasteiger charge is 2.14. The first-order valence-corrected chi connectivity index (χ1v) is 6.95. The fourth-order valence-electron chi connectivity index (χ4n) is 1.96. The van der Waals surface area contributed by atoms with E-state index in [1.807, 2.05) is 12.1 Å². The fraction of sp³-hybridized carbons (Fsp3) is 0. The van der Waals surface area contributed by atoms with Crippen LogP contribution in [0.3, 0.4) is 0 Å². The van der Waals surface area contributed by atoms with Gasteiger partial charge in [0.1, 0.15) is 17.9 Å². The summed E-state index contributed by atoms with van der Waals surface area (Å²) in [4.78, 5) is 8.06. The highest BCUT2D eigenvalue weighted by atomic mass is 16.5. The molecule has 0 saturated heterocycles. The largest absolute Gasteiger partial charge is 0.452 e. The Balaban J connectivity index is 2.04. The molecule has 6 nitrogen and oxygen atoms in total. The van der Waals surface area contributed by atoms with E-state index in [0.29, 0.717) is 17.4 Å². The van der Waals surface area contributed by atoms with Gasteiger partial charge in [-0.2, -0.15) is 10.5 Å². The van der Waals surface area contributed by atoms with Crippen molar-refractivity contribution in [1.82, 2.24) is 9.97 Å². The molecule has 0 aliphatic carbocycles. The molecule has 3 aromatic rings. The molecule has 0 saturated carbocycles. The van der Waals surface area contributed by atoms with E-state index in [9.17, 15) is 10.5 Å². The van der Waals surface area contributed by atoms with Crippen LogP contribution in [0.1, 0.15) is 11.1 Å². The SMILES string of the molecule is N#Cc1cc(Oc2cccnc2)c(Oc2ccccn2)cc1C#N. The quantitative estimate of drug-likeness (QED) is 0.727. The monoisotopic (exact) mass is 314 g/mol. The van der Waals surface area contributed by atoms with Gasteiger partial charge in [-0.15, -0.1) is 0 Å². The number of aromatic nitrogens is 2. The van der Waals surface area contributed by atoms with E-state index in [2.05, 4.69) is 9.97 Å². The van der Waals surface area contributed by atoms with Crippen LogP contribution < -0.4 is 9.47 Å². The molecule has 3 rings (SSSR count). The van der Waals surface area contributed by atoms with Crippen molar-refractivity contribution in [2.24, 2.45) is 0 Å². The Labute approximate surface area is 138 Å². The molecule has 0 fully saturated rings. The van der Waals surface area contributed by atoms with Crippen LogP contribution in [0.25, 0.3) is 0 Å². The van der Waals surface area contributed by atoms with Crippen LogP contribution in [0.4, 0.5) is 0 Å². The summed E-state index contributed by atoms with van der Waals surface area (Å²) in [6, 6.07) is 15.5. The smallest absolute Gasteiger partial charge is 0.219 e. The van der Waals surface area contributed by atoms with E-state index < -0.39 is 0 Å². The number of hydrogen-bond donors (Lipinski definition) is 0. The Bertz CT molecular complexity index is 850. The van der Waals surface area contributed by atoms with Gasteiger partial charge < -0.3 is 9.47 Å². The predicted molar refractivity (Wildman–Crippen MR) is 84.5 cm³/mol. The third kappa shape index (κ3) is 3.29. The lowest BCUT2D eigenvalue weighted by Gasteiger charge is -2.12. The molecule has 2 aromatic heterocycles. The maximum absolute atomic E-state index is 9.20. The van der Waals surface area contributed by atoms with E-state index in [1.54, 1.807) is 42.7 Å². The third-order valence-electron chi connectivity index (χ3n) is 3.04. The lowest BCUT2D eigenvalue weighted by atomic mass is 10.1. The Hall–Kier alpha value is -3.90. The predicted octanol–water partition coefficient (Wildman–Crippen LogP) is 3.80. The van der Waals surface area contributed by atoms with Crippen LogP contribution in [0.2, 0.25) is 0 Å². The van der Waals surface area contributed by atoms with Crippen molar-refractivity contribution in [3.63, 3.8) is 0 Å². The summed E-state index contributed by atoms with van der Waals surface area (Å²) in [7, 11) is 0. The number of ether oxygens (including phenoxy) is 2. The zero-order valence-corrected chi connectivity index (χ0v) is 12.4. The molecule has 114 valence electrons. The molecule has 0 atom stereocenters. The molecular weight excluding hydrogens is 304 g/mol. The van der Waals surface area contributed by atoms with Crippen molar-refractivity contribution in [3.05, 3.63) is 72.2 Å². The third-order valence-corrected chi connectivity index (χ3v) is 3.04. The summed E-state index contributed by atoms with van der Waals surface area (Å²) in [6.45, 7) is 0. The van der Waals surface area contributed by atoms with Crippen LogP contribution in [-0.4, -0.2) is 9.97 Å². The second-order valence-corrected chi connectivity index (χ2v) is 4.63. The van der Waals surface area contributed by atoms with Gasteiger partial charge in [-0.05, 0) is 18.2 Å². The lowest BCUT2D eigenvalue weighted by Crippen LogP contribution is -1.95. The highest BCUT2D eigenvalue weighted by molar-refractivity contribution is 5.57. The van der Waals surface area contributed by atoms with E-state index >= 15 is 0 Å². The van der Waals surface area contributed by atoms with Gasteiger partial charge >= 0.3 is 0 Å². The summed E-state index contributed by atoms with van der Waals surface area (Å²) in [5, 5.41) is 18.4. The standard InChI is InChI=1S/C18H10N4O2/c19-10-13-8-16(23-15-4-3-6-21-12-15)17(9-14(13)11-20)24-18-5-1-2-7-22-18/h1-9,12H. The van der Waals surface area contributed by atoms with Gasteiger partial charge in [0, 0.05) is 30.6 Å². The number of nitriles is 2. The molecule has 0 radical (unpaired) electrons. The summed E-state index contributed by atoms with van der Waals surface area (Å²) < 4.78 is 11.5. The van der Waals surface area contributed by atoms with Gasteiger partial charge in [-0.1, -0.05) is 6.07 Å². The molecule has 1 aromatic carbocycles. The molecule has 0 amide bonds. The first-order valence-electron chi connectivity index (χ1n) is 6.95. The molecule has 0 spiro atoms. The van der Waals surface area contributed by atoms with Gasteiger partial charge in [-0.3, -0.25) is 4.98 Å². The summed E-state index contributed by atoms with van der Waals surface area (Å²) >= 11 is 0. The number of benzene rings is 1. The molecule has 0 N–H and O–H groups in total. The zero-order chi connectivity index (χ0) is 16.8. The minimum Gasteiger partial charge on any atom is -0.452 e. The molecule has 0 bridgehead atoms. The maximum Gasteiger partial charge on any atom is 0.219 e. The van der Waals surface area contributed by atoms with Gasteiger partial charge in [-0.25, -0.2) is 4.98 Å². The summed E-state index contributed by atoms with van der Waals surface area (Å²) in [6.07, 6.45) is 4.75. The number of nitrogens with zero attached hydrogens (tertiary/aromatic N) is 4. The number of rotatable bonds is 4. The molecule has 0 aliphatic rings. The molecule has 2 heterocycles. The fourth-order valence-corrected chi connectivity index (χ4v) is 1.96. The Morgan fingerprint density at radius 1 is 0.833 bits per heavy atom. The molecule has 6 heteroatoms. The van der Waals surface area contributed by atoms with E-state index in [0.717, 1.165) is 0 Å². The zero-order valence-electron chi connectivity index (χ0n) is 12.4. The van der Waals surface area contributed by atoms with Crippen molar-refractivity contribution in [2.45, 2.75) is 0 Å². The van der Waals surface area contributed by atoms with Crippen LogP contribution >= 0.6 is 0 Å². The number of pyridine rings is 2. The van der Waals surface area contributed by atoms with Crippen molar-refractivity contribution < 1.29 is 9.47 Å². The first-order chi connectivity index (χ1) is 11.8. The molecule has 0 aliphatic heterocycles.